The molecule has 21 heavy (non-hydrogen) atoms. The van der Waals surface area contributed by atoms with Crippen LogP contribution in [0.2, 0.25) is 0 Å². The van der Waals surface area contributed by atoms with Crippen molar-refractivity contribution in [2.75, 3.05) is 0 Å². The summed E-state index contributed by atoms with van der Waals surface area (Å²) in [4.78, 5) is 4.54. The fraction of sp³-hybridized carbons (Fsp3) is 0.312. The van der Waals surface area contributed by atoms with E-state index in [4.69, 9.17) is 11.6 Å². The quantitative estimate of drug-likeness (QED) is 0.644. The first-order valence-corrected chi connectivity index (χ1v) is 7.20. The Morgan fingerprint density at radius 3 is 2.43 bits per heavy atom. The number of hydrogen-bond acceptors (Lipinski definition) is 1. The summed E-state index contributed by atoms with van der Waals surface area (Å²) in [6.07, 6.45) is -1.43. The largest absolute Gasteiger partial charge is 0.416 e. The molecule has 1 aliphatic rings. The molecule has 1 aromatic heterocycles. The monoisotopic (exact) mass is 311 g/mol. The SMILES string of the molecule is FC(F)(F)c1ccc(-c2ccc3c(n2)C(Cl)CCC3)cc1. The second-order valence-corrected chi connectivity index (χ2v) is 5.70. The number of pyridine rings is 1. The van der Waals surface area contributed by atoms with Crippen molar-refractivity contribution in [2.24, 2.45) is 0 Å². The first kappa shape index (κ1) is 14.4. The first-order chi connectivity index (χ1) is 9.95. The van der Waals surface area contributed by atoms with E-state index < -0.39 is 11.7 Å². The Bertz CT molecular complexity index is 650. The summed E-state index contributed by atoms with van der Waals surface area (Å²) in [5.41, 5.74) is 2.67. The summed E-state index contributed by atoms with van der Waals surface area (Å²) < 4.78 is 37.7. The molecule has 1 atom stereocenters. The molecule has 2 aromatic rings. The van der Waals surface area contributed by atoms with Gasteiger partial charge in [-0.15, -0.1) is 11.6 Å². The molecule has 1 heterocycles. The third-order valence-electron chi connectivity index (χ3n) is 3.72. The zero-order valence-corrected chi connectivity index (χ0v) is 11.9. The van der Waals surface area contributed by atoms with Gasteiger partial charge in [-0.2, -0.15) is 13.2 Å². The maximum atomic E-state index is 12.6. The minimum Gasteiger partial charge on any atom is -0.251 e. The number of aromatic nitrogens is 1. The predicted molar refractivity (Wildman–Crippen MR) is 76.2 cm³/mol. The number of alkyl halides is 4. The average Bonchev–Trinajstić information content (AvgIpc) is 2.47. The second-order valence-electron chi connectivity index (χ2n) is 5.18. The van der Waals surface area contributed by atoms with Crippen LogP contribution in [0.5, 0.6) is 0 Å². The van der Waals surface area contributed by atoms with Gasteiger partial charge in [-0.3, -0.25) is 4.98 Å². The molecule has 3 rings (SSSR count). The fourth-order valence-corrected chi connectivity index (χ4v) is 2.93. The smallest absolute Gasteiger partial charge is 0.251 e. The highest BCUT2D eigenvalue weighted by Crippen LogP contribution is 2.35. The molecule has 0 spiro atoms. The molecule has 1 unspecified atom stereocenters. The highest BCUT2D eigenvalue weighted by molar-refractivity contribution is 6.20. The molecule has 1 aliphatic carbocycles. The predicted octanol–water partition coefficient (Wildman–Crippen LogP) is 5.38. The van der Waals surface area contributed by atoms with Crippen LogP contribution in [-0.4, -0.2) is 4.98 Å². The zero-order chi connectivity index (χ0) is 15.0. The van der Waals surface area contributed by atoms with Crippen LogP contribution < -0.4 is 0 Å². The van der Waals surface area contributed by atoms with E-state index in [1.165, 1.54) is 12.1 Å². The lowest BCUT2D eigenvalue weighted by atomic mass is 9.94. The molecule has 0 bridgehead atoms. The number of rotatable bonds is 1. The molecule has 110 valence electrons. The van der Waals surface area contributed by atoms with E-state index in [1.54, 1.807) is 0 Å². The number of halogens is 4. The van der Waals surface area contributed by atoms with E-state index in [1.807, 2.05) is 12.1 Å². The topological polar surface area (TPSA) is 12.9 Å². The molecule has 0 radical (unpaired) electrons. The van der Waals surface area contributed by atoms with Crippen molar-refractivity contribution in [3.05, 3.63) is 53.2 Å². The van der Waals surface area contributed by atoms with E-state index in [-0.39, 0.29) is 5.38 Å². The van der Waals surface area contributed by atoms with Gasteiger partial charge in [0, 0.05) is 5.56 Å². The van der Waals surface area contributed by atoms with E-state index in [9.17, 15) is 13.2 Å². The third kappa shape index (κ3) is 2.91. The fourth-order valence-electron chi connectivity index (χ4n) is 2.59. The molecule has 1 nitrogen and oxygen atoms in total. The van der Waals surface area contributed by atoms with E-state index >= 15 is 0 Å². The minimum absolute atomic E-state index is 0.108. The van der Waals surface area contributed by atoms with E-state index in [2.05, 4.69) is 4.98 Å². The van der Waals surface area contributed by atoms with Crippen LogP contribution in [0.1, 0.15) is 35.0 Å². The summed E-state index contributed by atoms with van der Waals surface area (Å²) in [5, 5.41) is -0.108. The third-order valence-corrected chi connectivity index (χ3v) is 4.15. The highest BCUT2D eigenvalue weighted by Gasteiger charge is 2.30. The minimum atomic E-state index is -4.32. The number of hydrogen-bond donors (Lipinski definition) is 0. The van der Waals surface area contributed by atoms with Gasteiger partial charge in [0.1, 0.15) is 0 Å². The maximum absolute atomic E-state index is 12.6. The Morgan fingerprint density at radius 2 is 1.76 bits per heavy atom. The lowest BCUT2D eigenvalue weighted by Gasteiger charge is -2.20. The lowest BCUT2D eigenvalue weighted by Crippen LogP contribution is -2.08. The highest BCUT2D eigenvalue weighted by atomic mass is 35.5. The van der Waals surface area contributed by atoms with Crippen molar-refractivity contribution in [1.82, 2.24) is 4.98 Å². The molecule has 0 fully saturated rings. The van der Waals surface area contributed by atoms with Gasteiger partial charge in [0.25, 0.3) is 0 Å². The summed E-state index contributed by atoms with van der Waals surface area (Å²) in [5.74, 6) is 0. The van der Waals surface area contributed by atoms with Crippen LogP contribution in [0.4, 0.5) is 13.2 Å². The van der Waals surface area contributed by atoms with Gasteiger partial charge in [0.15, 0.2) is 0 Å². The summed E-state index contributed by atoms with van der Waals surface area (Å²) in [7, 11) is 0. The maximum Gasteiger partial charge on any atom is 0.416 e. The number of aryl methyl sites for hydroxylation is 1. The summed E-state index contributed by atoms with van der Waals surface area (Å²) >= 11 is 6.28. The van der Waals surface area contributed by atoms with Gasteiger partial charge < -0.3 is 0 Å². The Labute approximate surface area is 125 Å². The van der Waals surface area contributed by atoms with Crippen molar-refractivity contribution in [1.29, 1.82) is 0 Å². The lowest BCUT2D eigenvalue weighted by molar-refractivity contribution is -0.137. The molecule has 0 N–H and O–H groups in total. The second kappa shape index (κ2) is 5.34. The van der Waals surface area contributed by atoms with Crippen LogP contribution >= 0.6 is 11.6 Å². The van der Waals surface area contributed by atoms with Crippen LogP contribution in [0.25, 0.3) is 11.3 Å². The summed E-state index contributed by atoms with van der Waals surface area (Å²) in [6.45, 7) is 0. The Kier molecular flexibility index (Phi) is 3.66. The van der Waals surface area contributed by atoms with Crippen LogP contribution in [0.3, 0.4) is 0 Å². The molecule has 0 aliphatic heterocycles. The van der Waals surface area contributed by atoms with Crippen LogP contribution in [-0.2, 0) is 12.6 Å². The van der Waals surface area contributed by atoms with E-state index in [0.29, 0.717) is 11.3 Å². The van der Waals surface area contributed by atoms with Gasteiger partial charge in [-0.05, 0) is 43.0 Å². The Morgan fingerprint density at radius 1 is 1.05 bits per heavy atom. The number of nitrogens with zero attached hydrogens (tertiary/aromatic N) is 1. The Balaban J connectivity index is 1.96. The molecule has 1 aromatic carbocycles. The van der Waals surface area contributed by atoms with Crippen LogP contribution in [0, 0.1) is 0 Å². The van der Waals surface area contributed by atoms with Gasteiger partial charge in [0.05, 0.1) is 22.3 Å². The summed E-state index contributed by atoms with van der Waals surface area (Å²) in [6, 6.07) is 8.87. The molecule has 0 saturated heterocycles. The van der Waals surface area contributed by atoms with Crippen molar-refractivity contribution in [3.8, 4) is 11.3 Å². The normalized spacial score (nSPS) is 18.4. The van der Waals surface area contributed by atoms with Crippen LogP contribution in [0.15, 0.2) is 36.4 Å². The molecule has 0 saturated carbocycles. The average molecular weight is 312 g/mol. The van der Waals surface area contributed by atoms with Gasteiger partial charge in [-0.25, -0.2) is 0 Å². The molecule has 5 heteroatoms. The standard InChI is InChI=1S/C16H13ClF3N/c17-13-3-1-2-11-6-9-14(21-15(11)13)10-4-7-12(8-5-10)16(18,19)20/h4-9,13H,1-3H2. The van der Waals surface area contributed by atoms with Gasteiger partial charge >= 0.3 is 6.18 Å². The molecule has 0 amide bonds. The van der Waals surface area contributed by atoms with Gasteiger partial charge in [-0.1, -0.05) is 18.2 Å². The zero-order valence-electron chi connectivity index (χ0n) is 11.1. The van der Waals surface area contributed by atoms with Crippen molar-refractivity contribution in [2.45, 2.75) is 30.8 Å². The van der Waals surface area contributed by atoms with Crippen molar-refractivity contribution >= 4 is 11.6 Å². The molecular formula is C16H13ClF3N. The van der Waals surface area contributed by atoms with E-state index in [0.717, 1.165) is 42.7 Å². The Hall–Kier alpha value is -1.55. The number of fused-ring (bicyclic) bond motifs is 1. The number of benzene rings is 1. The first-order valence-electron chi connectivity index (χ1n) is 6.76. The van der Waals surface area contributed by atoms with Gasteiger partial charge in [0.2, 0.25) is 0 Å². The molecular weight excluding hydrogens is 299 g/mol. The van der Waals surface area contributed by atoms with Crippen molar-refractivity contribution < 1.29 is 13.2 Å². The van der Waals surface area contributed by atoms with Crippen molar-refractivity contribution in [3.63, 3.8) is 0 Å².